The van der Waals surface area contributed by atoms with Gasteiger partial charge in [-0.3, -0.25) is 0 Å². The lowest BCUT2D eigenvalue weighted by molar-refractivity contribution is -0.859. The second-order valence-electron chi connectivity index (χ2n) is 5.71. The van der Waals surface area contributed by atoms with E-state index in [1.807, 2.05) is 37.3 Å². The zero-order valence-electron chi connectivity index (χ0n) is 13.7. The van der Waals surface area contributed by atoms with Gasteiger partial charge in [-0.05, 0) is 24.6 Å². The molecule has 3 nitrogen and oxygen atoms in total. The molecule has 0 saturated carbocycles. The zero-order valence-corrected chi connectivity index (χ0v) is 13.7. The summed E-state index contributed by atoms with van der Waals surface area (Å²) in [7, 11) is 4.34. The monoisotopic (exact) mass is 300 g/mol. The molecule has 0 bridgehead atoms. The lowest BCUT2D eigenvalue weighted by Gasteiger charge is -2.20. The van der Waals surface area contributed by atoms with Crippen molar-refractivity contribution >= 4 is 0 Å². The molecule has 0 aliphatic heterocycles. The highest BCUT2D eigenvalue weighted by molar-refractivity contribution is 5.39. The van der Waals surface area contributed by atoms with Crippen LogP contribution in [0.4, 0.5) is 0 Å². The SMILES string of the molecule is CCOc1ccccc1OC[C@H](C[NH+](C)C)c1ccccc1. The average molecular weight is 300 g/mol. The second kappa shape index (κ2) is 8.44. The molecule has 0 radical (unpaired) electrons. The minimum atomic E-state index is 0.362. The Labute approximate surface area is 133 Å². The normalized spacial score (nSPS) is 12.2. The molecule has 0 aliphatic carbocycles. The highest BCUT2D eigenvalue weighted by Crippen LogP contribution is 2.27. The molecule has 2 aromatic rings. The maximum atomic E-state index is 6.07. The molecule has 118 valence electrons. The Morgan fingerprint density at radius 2 is 1.45 bits per heavy atom. The van der Waals surface area contributed by atoms with Gasteiger partial charge >= 0.3 is 0 Å². The fourth-order valence-electron chi connectivity index (χ4n) is 2.53. The predicted molar refractivity (Wildman–Crippen MR) is 90.0 cm³/mol. The maximum absolute atomic E-state index is 6.07. The fourth-order valence-corrected chi connectivity index (χ4v) is 2.53. The van der Waals surface area contributed by atoms with E-state index in [4.69, 9.17) is 9.47 Å². The lowest BCUT2D eigenvalue weighted by atomic mass is 10.00. The number of para-hydroxylation sites is 2. The molecule has 22 heavy (non-hydrogen) atoms. The summed E-state index contributed by atoms with van der Waals surface area (Å²) in [5, 5.41) is 0. The average Bonchev–Trinajstić information content (AvgIpc) is 2.53. The van der Waals surface area contributed by atoms with Crippen LogP contribution in [-0.2, 0) is 0 Å². The van der Waals surface area contributed by atoms with E-state index in [9.17, 15) is 0 Å². The van der Waals surface area contributed by atoms with E-state index in [-0.39, 0.29) is 0 Å². The molecule has 0 spiro atoms. The first-order valence-corrected chi connectivity index (χ1v) is 7.89. The van der Waals surface area contributed by atoms with Gasteiger partial charge in [-0.2, -0.15) is 0 Å². The van der Waals surface area contributed by atoms with Crippen LogP contribution in [0.3, 0.4) is 0 Å². The van der Waals surface area contributed by atoms with Crippen molar-refractivity contribution in [2.75, 3.05) is 33.9 Å². The number of nitrogens with one attached hydrogen (secondary N) is 1. The molecular weight excluding hydrogens is 274 g/mol. The van der Waals surface area contributed by atoms with Crippen LogP contribution in [0.1, 0.15) is 18.4 Å². The highest BCUT2D eigenvalue weighted by Gasteiger charge is 2.17. The Kier molecular flexibility index (Phi) is 6.28. The van der Waals surface area contributed by atoms with Crippen LogP contribution in [0, 0.1) is 0 Å². The molecule has 3 heteroatoms. The van der Waals surface area contributed by atoms with Gasteiger partial charge < -0.3 is 14.4 Å². The van der Waals surface area contributed by atoms with Gasteiger partial charge in [-0.15, -0.1) is 0 Å². The Hall–Kier alpha value is -2.00. The standard InChI is InChI=1S/C19H25NO2/c1-4-21-18-12-8-9-13-19(18)22-15-17(14-20(2)3)16-10-6-5-7-11-16/h5-13,17H,4,14-15H2,1-3H3/p+1/t17-/m0/s1. The molecule has 1 atom stereocenters. The third-order valence-electron chi connectivity index (χ3n) is 3.51. The molecule has 0 heterocycles. The van der Waals surface area contributed by atoms with Crippen molar-refractivity contribution in [2.24, 2.45) is 0 Å². The molecular formula is C19H26NO2+. The van der Waals surface area contributed by atoms with Crippen molar-refractivity contribution in [3.8, 4) is 11.5 Å². The Morgan fingerprint density at radius 1 is 0.864 bits per heavy atom. The molecule has 0 aliphatic rings. The van der Waals surface area contributed by atoms with Gasteiger partial charge in [-0.25, -0.2) is 0 Å². The smallest absolute Gasteiger partial charge is 0.161 e. The summed E-state index contributed by atoms with van der Waals surface area (Å²) in [4.78, 5) is 1.41. The summed E-state index contributed by atoms with van der Waals surface area (Å²) >= 11 is 0. The largest absolute Gasteiger partial charge is 0.490 e. The van der Waals surface area contributed by atoms with Gasteiger partial charge in [0.25, 0.3) is 0 Å². The Balaban J connectivity index is 2.08. The second-order valence-corrected chi connectivity index (χ2v) is 5.71. The zero-order chi connectivity index (χ0) is 15.8. The minimum Gasteiger partial charge on any atom is -0.490 e. The van der Waals surface area contributed by atoms with Crippen LogP contribution in [0.25, 0.3) is 0 Å². The fraction of sp³-hybridized carbons (Fsp3) is 0.368. The number of likely N-dealkylation sites (N-methyl/N-ethyl adjacent to an activating group) is 1. The topological polar surface area (TPSA) is 22.9 Å². The third kappa shape index (κ3) is 4.78. The third-order valence-corrected chi connectivity index (χ3v) is 3.51. The maximum Gasteiger partial charge on any atom is 0.161 e. The van der Waals surface area contributed by atoms with Crippen LogP contribution in [-0.4, -0.2) is 33.9 Å². The van der Waals surface area contributed by atoms with Gasteiger partial charge in [0.2, 0.25) is 0 Å². The van der Waals surface area contributed by atoms with Crippen molar-refractivity contribution < 1.29 is 14.4 Å². The molecule has 0 fully saturated rings. The van der Waals surface area contributed by atoms with Crippen molar-refractivity contribution in [2.45, 2.75) is 12.8 Å². The number of rotatable bonds is 8. The van der Waals surface area contributed by atoms with E-state index in [0.29, 0.717) is 19.1 Å². The number of benzene rings is 2. The van der Waals surface area contributed by atoms with Gasteiger partial charge in [0.05, 0.1) is 33.2 Å². The number of ether oxygens (including phenoxy) is 2. The van der Waals surface area contributed by atoms with E-state index in [1.165, 1.54) is 10.5 Å². The van der Waals surface area contributed by atoms with Crippen LogP contribution in [0.15, 0.2) is 54.6 Å². The van der Waals surface area contributed by atoms with E-state index < -0.39 is 0 Å². The molecule has 2 rings (SSSR count). The predicted octanol–water partition coefficient (Wildman–Crippen LogP) is 2.39. The van der Waals surface area contributed by atoms with Crippen LogP contribution < -0.4 is 14.4 Å². The van der Waals surface area contributed by atoms with Gasteiger partial charge in [0, 0.05) is 0 Å². The first-order chi connectivity index (χ1) is 10.7. The summed E-state index contributed by atoms with van der Waals surface area (Å²) in [6.07, 6.45) is 0. The van der Waals surface area contributed by atoms with E-state index in [1.54, 1.807) is 0 Å². The summed E-state index contributed by atoms with van der Waals surface area (Å²) in [6, 6.07) is 18.4. The molecule has 0 unspecified atom stereocenters. The molecule has 2 aromatic carbocycles. The summed E-state index contributed by atoms with van der Waals surface area (Å²) in [5.41, 5.74) is 1.32. The van der Waals surface area contributed by atoms with Crippen molar-refractivity contribution in [1.29, 1.82) is 0 Å². The minimum absolute atomic E-state index is 0.362. The van der Waals surface area contributed by atoms with Crippen molar-refractivity contribution in [3.63, 3.8) is 0 Å². The summed E-state index contributed by atoms with van der Waals surface area (Å²) in [5.74, 6) is 1.99. The summed E-state index contributed by atoms with van der Waals surface area (Å²) < 4.78 is 11.7. The van der Waals surface area contributed by atoms with E-state index >= 15 is 0 Å². The van der Waals surface area contributed by atoms with Crippen molar-refractivity contribution in [1.82, 2.24) is 0 Å². The Morgan fingerprint density at radius 3 is 2.05 bits per heavy atom. The van der Waals surface area contributed by atoms with E-state index in [2.05, 4.69) is 38.4 Å². The highest BCUT2D eigenvalue weighted by atomic mass is 16.5. The van der Waals surface area contributed by atoms with Crippen molar-refractivity contribution in [3.05, 3.63) is 60.2 Å². The van der Waals surface area contributed by atoms with Crippen LogP contribution in [0.5, 0.6) is 11.5 Å². The van der Waals surface area contributed by atoms with Gasteiger partial charge in [0.15, 0.2) is 11.5 Å². The molecule has 0 saturated heterocycles. The lowest BCUT2D eigenvalue weighted by Crippen LogP contribution is -3.06. The van der Waals surface area contributed by atoms with Gasteiger partial charge in [0.1, 0.15) is 6.61 Å². The van der Waals surface area contributed by atoms with Crippen LogP contribution >= 0.6 is 0 Å². The number of hydrogen-bond donors (Lipinski definition) is 1. The van der Waals surface area contributed by atoms with E-state index in [0.717, 1.165) is 18.0 Å². The molecule has 0 amide bonds. The van der Waals surface area contributed by atoms with Gasteiger partial charge in [-0.1, -0.05) is 42.5 Å². The number of quaternary nitrogens is 1. The number of hydrogen-bond acceptors (Lipinski definition) is 2. The first kappa shape index (κ1) is 16.4. The Bertz CT molecular complexity index is 554. The quantitative estimate of drug-likeness (QED) is 0.809. The molecule has 1 N–H and O–H groups in total. The van der Waals surface area contributed by atoms with Crippen LogP contribution in [0.2, 0.25) is 0 Å². The molecule has 0 aromatic heterocycles. The summed E-state index contributed by atoms with van der Waals surface area (Å²) in [6.45, 7) is 4.31. The first-order valence-electron chi connectivity index (χ1n) is 7.89.